The van der Waals surface area contributed by atoms with E-state index >= 15 is 0 Å². The Morgan fingerprint density at radius 1 is 1.41 bits per heavy atom. The van der Waals surface area contributed by atoms with Crippen molar-refractivity contribution in [1.82, 2.24) is 0 Å². The van der Waals surface area contributed by atoms with Crippen LogP contribution in [0.15, 0.2) is 12.1 Å². The molecule has 0 bridgehead atoms. The number of esters is 1. The Labute approximate surface area is 133 Å². The summed E-state index contributed by atoms with van der Waals surface area (Å²) in [6, 6.07) is 2.74. The molecule has 1 saturated heterocycles. The molecule has 1 spiro atoms. The first-order chi connectivity index (χ1) is 10.5. The lowest BCUT2D eigenvalue weighted by molar-refractivity contribution is -0.384. The first-order valence-corrected chi connectivity index (χ1v) is 7.65. The van der Waals surface area contributed by atoms with Crippen molar-refractivity contribution < 1.29 is 14.5 Å². The molecule has 0 N–H and O–H groups in total. The van der Waals surface area contributed by atoms with Crippen molar-refractivity contribution >= 4 is 28.9 Å². The van der Waals surface area contributed by atoms with E-state index in [0.717, 1.165) is 19.5 Å². The van der Waals surface area contributed by atoms with E-state index < -0.39 is 10.9 Å². The van der Waals surface area contributed by atoms with Gasteiger partial charge in [0.1, 0.15) is 5.69 Å². The fourth-order valence-corrected chi connectivity index (χ4v) is 3.45. The highest BCUT2D eigenvalue weighted by Gasteiger charge is 2.46. The number of carbonyl (C=O) groups excluding carboxylic acids is 1. The lowest BCUT2D eigenvalue weighted by Gasteiger charge is -2.34. The third kappa shape index (κ3) is 2.63. The van der Waals surface area contributed by atoms with Crippen LogP contribution in [0.2, 0.25) is 5.02 Å². The van der Waals surface area contributed by atoms with Crippen LogP contribution in [0.4, 0.5) is 11.4 Å². The second kappa shape index (κ2) is 5.43. The molecule has 22 heavy (non-hydrogen) atoms. The minimum atomic E-state index is -0.669. The molecule has 0 amide bonds. The lowest BCUT2D eigenvalue weighted by atomic mass is 9.94. The van der Waals surface area contributed by atoms with E-state index in [1.165, 1.54) is 38.5 Å². The molecule has 1 aromatic rings. The smallest absolute Gasteiger partial charge is 0.339 e. The number of nitro benzene ring substituents is 1. The second-order valence-corrected chi connectivity index (χ2v) is 6.50. The molecule has 0 unspecified atom stereocenters. The Hall–Kier alpha value is -1.82. The molecule has 1 saturated carbocycles. The fourth-order valence-electron chi connectivity index (χ4n) is 3.22. The molecular weight excluding hydrogens is 308 g/mol. The fraction of sp³-hybridized carbons (Fsp3) is 0.533. The van der Waals surface area contributed by atoms with E-state index in [9.17, 15) is 14.9 Å². The van der Waals surface area contributed by atoms with E-state index in [1.807, 2.05) is 4.90 Å². The van der Waals surface area contributed by atoms with Crippen LogP contribution in [0, 0.1) is 15.5 Å². The third-order valence-corrected chi connectivity index (χ3v) is 4.94. The zero-order valence-corrected chi connectivity index (χ0v) is 13.1. The Kier molecular flexibility index (Phi) is 3.72. The molecule has 0 radical (unpaired) electrons. The highest BCUT2D eigenvalue weighted by Crippen LogP contribution is 2.53. The van der Waals surface area contributed by atoms with Crippen molar-refractivity contribution in [2.45, 2.75) is 25.7 Å². The van der Waals surface area contributed by atoms with Gasteiger partial charge >= 0.3 is 5.97 Å². The predicted molar refractivity (Wildman–Crippen MR) is 82.6 cm³/mol. The number of carbonyl (C=O) groups is 1. The van der Waals surface area contributed by atoms with Gasteiger partial charge < -0.3 is 9.64 Å². The zero-order valence-electron chi connectivity index (χ0n) is 12.3. The van der Waals surface area contributed by atoms with Crippen molar-refractivity contribution in [2.75, 3.05) is 25.1 Å². The van der Waals surface area contributed by atoms with Crippen LogP contribution in [-0.2, 0) is 4.74 Å². The van der Waals surface area contributed by atoms with Gasteiger partial charge in [-0.05, 0) is 37.2 Å². The second-order valence-electron chi connectivity index (χ2n) is 6.09. The van der Waals surface area contributed by atoms with E-state index in [1.54, 1.807) is 0 Å². The molecule has 118 valence electrons. The maximum atomic E-state index is 11.7. The molecule has 0 aromatic heterocycles. The number of nitro groups is 1. The van der Waals surface area contributed by atoms with Crippen LogP contribution in [0.3, 0.4) is 0 Å². The van der Waals surface area contributed by atoms with Crippen LogP contribution in [-0.4, -0.2) is 31.1 Å². The van der Waals surface area contributed by atoms with Gasteiger partial charge in [0, 0.05) is 19.2 Å². The summed E-state index contributed by atoms with van der Waals surface area (Å²) < 4.78 is 4.62. The Morgan fingerprint density at radius 2 is 2.14 bits per heavy atom. The number of nitrogens with zero attached hydrogens (tertiary/aromatic N) is 2. The van der Waals surface area contributed by atoms with E-state index in [2.05, 4.69) is 4.74 Å². The molecule has 1 heterocycles. The topological polar surface area (TPSA) is 72.7 Å². The first-order valence-electron chi connectivity index (χ1n) is 7.27. The van der Waals surface area contributed by atoms with Crippen LogP contribution in [0.25, 0.3) is 0 Å². The number of methoxy groups -OCH3 is 1. The monoisotopic (exact) mass is 324 g/mol. The minimum absolute atomic E-state index is 0.0257. The van der Waals surface area contributed by atoms with E-state index in [0.29, 0.717) is 11.1 Å². The number of hydrogen-bond acceptors (Lipinski definition) is 5. The zero-order chi connectivity index (χ0) is 15.9. The summed E-state index contributed by atoms with van der Waals surface area (Å²) in [6.07, 6.45) is 4.58. The average molecular weight is 325 g/mol. The molecule has 1 aromatic carbocycles. The molecule has 0 atom stereocenters. The highest BCUT2D eigenvalue weighted by atomic mass is 35.5. The number of hydrogen-bond donors (Lipinski definition) is 0. The average Bonchev–Trinajstić information content (AvgIpc) is 3.24. The Morgan fingerprint density at radius 3 is 2.73 bits per heavy atom. The standard InChI is InChI=1S/C15H17ClN2O4/c1-22-14(19)10-7-13(18(20)21)12(8-11(10)16)17-6-2-3-15(9-17)4-5-15/h7-8H,2-6,9H2,1H3. The number of halogens is 1. The van der Waals surface area contributed by atoms with Crippen LogP contribution < -0.4 is 4.90 Å². The quantitative estimate of drug-likeness (QED) is 0.484. The van der Waals surface area contributed by atoms with Crippen molar-refractivity contribution in [3.05, 3.63) is 32.8 Å². The van der Waals surface area contributed by atoms with Gasteiger partial charge in [0.2, 0.25) is 0 Å². The van der Waals surface area contributed by atoms with Gasteiger partial charge in [-0.15, -0.1) is 0 Å². The summed E-state index contributed by atoms with van der Waals surface area (Å²) in [7, 11) is 1.22. The molecular formula is C15H17ClN2O4. The number of piperidine rings is 1. The summed E-state index contributed by atoms with van der Waals surface area (Å²) >= 11 is 6.14. The number of rotatable bonds is 3. The highest BCUT2D eigenvalue weighted by molar-refractivity contribution is 6.34. The molecule has 2 aliphatic rings. The van der Waals surface area contributed by atoms with Crippen molar-refractivity contribution in [1.29, 1.82) is 0 Å². The van der Waals surface area contributed by atoms with Gasteiger partial charge in [-0.1, -0.05) is 11.6 Å². The number of anilines is 1. The summed E-state index contributed by atoms with van der Waals surface area (Å²) in [6.45, 7) is 1.60. The summed E-state index contributed by atoms with van der Waals surface area (Å²) in [5.74, 6) is -0.669. The normalized spacial score (nSPS) is 19.1. The van der Waals surface area contributed by atoms with Gasteiger partial charge in [-0.2, -0.15) is 0 Å². The van der Waals surface area contributed by atoms with Gasteiger partial charge in [-0.3, -0.25) is 10.1 Å². The predicted octanol–water partition coefficient (Wildman–Crippen LogP) is 3.42. The van der Waals surface area contributed by atoms with Gasteiger partial charge in [0.25, 0.3) is 5.69 Å². The first kappa shape index (κ1) is 15.1. The summed E-state index contributed by atoms with van der Waals surface area (Å²) in [4.78, 5) is 24.6. The number of ether oxygens (including phenoxy) is 1. The molecule has 1 aliphatic heterocycles. The number of benzene rings is 1. The molecule has 6 nitrogen and oxygen atoms in total. The molecule has 2 fully saturated rings. The van der Waals surface area contributed by atoms with Gasteiger partial charge in [0.15, 0.2) is 0 Å². The van der Waals surface area contributed by atoms with Crippen molar-refractivity contribution in [2.24, 2.45) is 5.41 Å². The summed E-state index contributed by atoms with van der Waals surface area (Å²) in [5, 5.41) is 11.6. The van der Waals surface area contributed by atoms with Crippen LogP contribution >= 0.6 is 11.6 Å². The van der Waals surface area contributed by atoms with E-state index in [-0.39, 0.29) is 16.3 Å². The molecule has 1 aliphatic carbocycles. The van der Waals surface area contributed by atoms with Gasteiger partial charge in [0.05, 0.1) is 22.6 Å². The SMILES string of the molecule is COC(=O)c1cc([N+](=O)[O-])c(N2CCCC3(CC3)C2)cc1Cl. The van der Waals surface area contributed by atoms with Crippen molar-refractivity contribution in [3.8, 4) is 0 Å². The Balaban J connectivity index is 2.01. The minimum Gasteiger partial charge on any atom is -0.465 e. The lowest BCUT2D eigenvalue weighted by Crippen LogP contribution is -2.36. The molecule has 7 heteroatoms. The third-order valence-electron chi connectivity index (χ3n) is 4.63. The largest absolute Gasteiger partial charge is 0.465 e. The van der Waals surface area contributed by atoms with E-state index in [4.69, 9.17) is 11.6 Å². The maximum Gasteiger partial charge on any atom is 0.339 e. The Bertz CT molecular complexity index is 643. The maximum absolute atomic E-state index is 11.7. The van der Waals surface area contributed by atoms with Crippen LogP contribution in [0.5, 0.6) is 0 Å². The van der Waals surface area contributed by atoms with Crippen LogP contribution in [0.1, 0.15) is 36.0 Å². The molecule has 3 rings (SSSR count). The summed E-state index contributed by atoms with van der Waals surface area (Å²) in [5.41, 5.74) is 0.758. The van der Waals surface area contributed by atoms with Gasteiger partial charge in [-0.25, -0.2) is 4.79 Å². The van der Waals surface area contributed by atoms with Crippen molar-refractivity contribution in [3.63, 3.8) is 0 Å².